The van der Waals surface area contributed by atoms with Crippen molar-refractivity contribution in [2.45, 2.75) is 37.7 Å². The number of rotatable bonds is 6. The van der Waals surface area contributed by atoms with Crippen LogP contribution in [-0.4, -0.2) is 31.1 Å². The van der Waals surface area contributed by atoms with E-state index < -0.39 is 18.8 Å². The zero-order valence-electron chi connectivity index (χ0n) is 18.8. The van der Waals surface area contributed by atoms with Crippen LogP contribution in [0.1, 0.15) is 44.0 Å². The third kappa shape index (κ3) is 3.83. The number of benzene rings is 2. The molecule has 24 heavy (non-hydrogen) atoms. The second kappa shape index (κ2) is 7.69. The van der Waals surface area contributed by atoms with Crippen molar-refractivity contribution in [3.05, 3.63) is 70.7 Å². The first kappa shape index (κ1) is 12.1. The molecule has 2 aromatic rings. The van der Waals surface area contributed by atoms with E-state index in [9.17, 15) is 0 Å². The third-order valence-corrected chi connectivity index (χ3v) is 4.81. The molecular formula is C21H26ClNO. The van der Waals surface area contributed by atoms with Crippen LogP contribution < -0.4 is 0 Å². The molecule has 1 fully saturated rings. The first-order valence-corrected chi connectivity index (χ1v) is 8.61. The van der Waals surface area contributed by atoms with Crippen LogP contribution in [0, 0.1) is 0 Å². The first-order chi connectivity index (χ1) is 13.6. The number of hydrogen-bond donors (Lipinski definition) is 0. The van der Waals surface area contributed by atoms with Crippen LogP contribution in [0.5, 0.6) is 0 Å². The van der Waals surface area contributed by atoms with Crippen LogP contribution in [0.15, 0.2) is 54.6 Å². The van der Waals surface area contributed by atoms with Gasteiger partial charge < -0.3 is 9.64 Å². The molecule has 1 saturated heterocycles. The highest BCUT2D eigenvalue weighted by Gasteiger charge is 2.30. The van der Waals surface area contributed by atoms with E-state index in [0.717, 1.165) is 19.4 Å². The Morgan fingerprint density at radius 2 is 1.92 bits per heavy atom. The zero-order valence-corrected chi connectivity index (χ0v) is 14.6. The predicted molar refractivity (Wildman–Crippen MR) is 101 cm³/mol. The summed E-state index contributed by atoms with van der Waals surface area (Å²) in [6, 6.07) is 15.0. The molecule has 1 heterocycles. The summed E-state index contributed by atoms with van der Waals surface area (Å²) in [5.74, 6) is 0. The van der Waals surface area contributed by atoms with Crippen LogP contribution in [-0.2, 0) is 10.3 Å². The van der Waals surface area contributed by atoms with Crippen molar-refractivity contribution in [3.8, 4) is 0 Å². The quantitative estimate of drug-likeness (QED) is 0.719. The van der Waals surface area contributed by atoms with Gasteiger partial charge in [-0.1, -0.05) is 54.1 Å². The maximum absolute atomic E-state index is 8.59. The Labute approximate surface area is 157 Å². The van der Waals surface area contributed by atoms with Crippen molar-refractivity contribution in [3.63, 3.8) is 0 Å². The lowest BCUT2D eigenvalue weighted by Crippen LogP contribution is -2.31. The molecule has 1 aliphatic rings. The fourth-order valence-corrected chi connectivity index (χ4v) is 3.23. The fraction of sp³-hybridized carbons (Fsp3) is 0.429. The molecule has 128 valence electrons. The average molecular weight is 349 g/mol. The van der Waals surface area contributed by atoms with E-state index in [2.05, 4.69) is 0 Å². The van der Waals surface area contributed by atoms with E-state index in [4.69, 9.17) is 23.2 Å². The largest absolute Gasteiger partial charge is 0.366 e. The van der Waals surface area contributed by atoms with Crippen molar-refractivity contribution >= 4 is 11.6 Å². The summed E-state index contributed by atoms with van der Waals surface area (Å²) < 4.78 is 48.4. The second-order valence-electron chi connectivity index (χ2n) is 6.19. The van der Waals surface area contributed by atoms with Gasteiger partial charge in [0.1, 0.15) is 5.60 Å². The van der Waals surface area contributed by atoms with E-state index in [0.29, 0.717) is 16.1 Å². The minimum atomic E-state index is -2.57. The number of likely N-dealkylation sites (tertiary alicyclic amines) is 1. The van der Waals surface area contributed by atoms with E-state index >= 15 is 0 Å². The average Bonchev–Trinajstić information content (AvgIpc) is 3.10. The summed E-state index contributed by atoms with van der Waals surface area (Å²) in [5.41, 5.74) is -0.926. The van der Waals surface area contributed by atoms with Crippen molar-refractivity contribution in [1.29, 1.82) is 0 Å². The van der Waals surface area contributed by atoms with Gasteiger partial charge in [-0.15, -0.1) is 0 Å². The maximum Gasteiger partial charge on any atom is 0.115 e. The highest BCUT2D eigenvalue weighted by Crippen LogP contribution is 2.34. The van der Waals surface area contributed by atoms with Crippen molar-refractivity contribution in [2.24, 2.45) is 0 Å². The smallest absolute Gasteiger partial charge is 0.115 e. The van der Waals surface area contributed by atoms with Crippen molar-refractivity contribution in [1.82, 2.24) is 4.90 Å². The highest BCUT2D eigenvalue weighted by molar-refractivity contribution is 6.30. The van der Waals surface area contributed by atoms with Crippen LogP contribution in [0.4, 0.5) is 0 Å². The van der Waals surface area contributed by atoms with Crippen molar-refractivity contribution < 1.29 is 11.6 Å². The van der Waals surface area contributed by atoms with Gasteiger partial charge in [0.2, 0.25) is 0 Å². The molecular weight excluding hydrogens is 318 g/mol. The molecule has 0 bridgehead atoms. The van der Waals surface area contributed by atoms with Gasteiger partial charge in [-0.25, -0.2) is 0 Å². The van der Waals surface area contributed by atoms with Crippen molar-refractivity contribution in [2.75, 3.05) is 20.2 Å². The summed E-state index contributed by atoms with van der Waals surface area (Å²) in [5, 5.41) is 0.490. The molecule has 0 amide bonds. The number of hydrogen-bond acceptors (Lipinski definition) is 2. The molecule has 0 aliphatic carbocycles. The topological polar surface area (TPSA) is 12.5 Å². The summed E-state index contributed by atoms with van der Waals surface area (Å²) >= 11 is 6.03. The van der Waals surface area contributed by atoms with Gasteiger partial charge in [-0.05, 0) is 62.9 Å². The molecule has 0 unspecified atom stereocenters. The Balaban J connectivity index is 2.06. The van der Waals surface area contributed by atoms with Crippen LogP contribution >= 0.6 is 11.6 Å². The van der Waals surface area contributed by atoms with Gasteiger partial charge in [-0.2, -0.15) is 0 Å². The van der Waals surface area contributed by atoms with Gasteiger partial charge in [0.15, 0.2) is 0 Å². The lowest BCUT2D eigenvalue weighted by Gasteiger charge is -2.32. The van der Waals surface area contributed by atoms with Crippen LogP contribution in [0.25, 0.3) is 0 Å². The Kier molecular flexibility index (Phi) is 3.87. The molecule has 0 aromatic heterocycles. The molecule has 0 N–H and O–H groups in total. The lowest BCUT2D eigenvalue weighted by atomic mass is 9.88. The molecule has 3 rings (SSSR count). The Morgan fingerprint density at radius 1 is 1.21 bits per heavy atom. The van der Waals surface area contributed by atoms with Gasteiger partial charge in [0.25, 0.3) is 0 Å². The van der Waals surface area contributed by atoms with E-state index in [1.54, 1.807) is 48.5 Å². The minimum Gasteiger partial charge on any atom is -0.366 e. The number of nitrogens with zero attached hydrogens (tertiary/aromatic N) is 1. The standard InChI is InChI=1S/C21H26ClNO/c1-21(17-7-4-3-5-8-17,18-10-12-19(22)13-11-18)24-16-14-20-9-6-15-23(20)2/h3-5,7-8,10-13,20H,6,9,14-16H2,1-2H3/t20-,21-/m1/s1/i1D3,14D2. The summed E-state index contributed by atoms with van der Waals surface area (Å²) in [6.45, 7) is -2.08. The Hall–Kier alpha value is -1.35. The molecule has 0 radical (unpaired) electrons. The van der Waals surface area contributed by atoms with E-state index in [1.165, 1.54) is 0 Å². The normalized spacial score (nSPS) is 25.1. The monoisotopic (exact) mass is 348 g/mol. The predicted octanol–water partition coefficient (Wildman–Crippen LogP) is 5.10. The molecule has 0 spiro atoms. The summed E-state index contributed by atoms with van der Waals surface area (Å²) in [4.78, 5) is 1.98. The summed E-state index contributed by atoms with van der Waals surface area (Å²) in [7, 11) is 1.89. The van der Waals surface area contributed by atoms with Crippen LogP contribution in [0.2, 0.25) is 5.02 Å². The third-order valence-electron chi connectivity index (χ3n) is 4.56. The van der Waals surface area contributed by atoms with Gasteiger partial charge in [0.05, 0.1) is 0 Å². The number of halogens is 1. The SMILES string of the molecule is [2H]C([2H])(CO[C@](c1ccccc1)(c1ccc(Cl)cc1)C([2H])([2H])[2H])[C@H]1CCCN1C. The van der Waals surface area contributed by atoms with Gasteiger partial charge in [0, 0.05) is 24.5 Å². The maximum atomic E-state index is 8.59. The molecule has 1 aliphatic heterocycles. The lowest BCUT2D eigenvalue weighted by molar-refractivity contribution is -0.0117. The van der Waals surface area contributed by atoms with E-state index in [-0.39, 0.29) is 12.6 Å². The van der Waals surface area contributed by atoms with Crippen LogP contribution in [0.3, 0.4) is 0 Å². The molecule has 2 nitrogen and oxygen atoms in total. The van der Waals surface area contributed by atoms with E-state index in [1.807, 2.05) is 18.0 Å². The number of ether oxygens (including phenoxy) is 1. The molecule has 2 aromatic carbocycles. The molecule has 3 heteroatoms. The highest BCUT2D eigenvalue weighted by atomic mass is 35.5. The minimum absolute atomic E-state index is 0.308. The molecule has 0 saturated carbocycles. The molecule has 2 atom stereocenters. The summed E-state index contributed by atoms with van der Waals surface area (Å²) in [6.07, 6.45) is -0.0518. The van der Waals surface area contributed by atoms with Gasteiger partial charge >= 0.3 is 0 Å². The zero-order chi connectivity index (χ0) is 21.3. The Bertz CT molecular complexity index is 812. The van der Waals surface area contributed by atoms with Gasteiger partial charge in [-0.3, -0.25) is 0 Å². The fourth-order valence-electron chi connectivity index (χ4n) is 3.11. The second-order valence-corrected chi connectivity index (χ2v) is 6.62. The Morgan fingerprint density at radius 3 is 2.54 bits per heavy atom. The first-order valence-electron chi connectivity index (χ1n) is 10.7.